The second kappa shape index (κ2) is 6.50. The first-order valence-corrected chi connectivity index (χ1v) is 6.25. The van der Waals surface area contributed by atoms with E-state index < -0.39 is 0 Å². The third kappa shape index (κ3) is 4.84. The first-order valence-electron chi connectivity index (χ1n) is 6.25. The molecule has 100 valence electrons. The summed E-state index contributed by atoms with van der Waals surface area (Å²) in [6.45, 7) is 6.86. The number of aliphatic hydroxyl groups excluding tert-OH is 1. The van der Waals surface area contributed by atoms with Gasteiger partial charge in [0.1, 0.15) is 0 Å². The van der Waals surface area contributed by atoms with Gasteiger partial charge in [0.25, 0.3) is 5.91 Å². The van der Waals surface area contributed by atoms with Gasteiger partial charge in [-0.3, -0.25) is 9.78 Å². The highest BCUT2D eigenvalue weighted by Gasteiger charge is 2.18. The first kappa shape index (κ1) is 14.6. The molecule has 2 N–H and O–H groups in total. The Morgan fingerprint density at radius 3 is 2.78 bits per heavy atom. The Morgan fingerprint density at radius 2 is 2.17 bits per heavy atom. The molecule has 0 saturated heterocycles. The highest BCUT2D eigenvalue weighted by Crippen LogP contribution is 2.20. The lowest BCUT2D eigenvalue weighted by Gasteiger charge is -2.24. The van der Waals surface area contributed by atoms with Crippen molar-refractivity contribution in [3.63, 3.8) is 0 Å². The Hall–Kier alpha value is -1.42. The predicted molar refractivity (Wildman–Crippen MR) is 71.4 cm³/mol. The molecule has 4 nitrogen and oxygen atoms in total. The molecule has 0 aromatic carbocycles. The molecular weight excluding hydrogens is 228 g/mol. The van der Waals surface area contributed by atoms with E-state index in [9.17, 15) is 4.79 Å². The summed E-state index contributed by atoms with van der Waals surface area (Å²) in [5.41, 5.74) is 1.56. The number of hydrogen-bond donors (Lipinski definition) is 2. The van der Waals surface area contributed by atoms with E-state index in [4.69, 9.17) is 5.11 Å². The zero-order valence-electron chi connectivity index (χ0n) is 11.4. The maximum absolute atomic E-state index is 11.9. The lowest BCUT2D eigenvalue weighted by Crippen LogP contribution is -2.34. The number of carbonyl (C=O) groups is 1. The van der Waals surface area contributed by atoms with Crippen LogP contribution in [0, 0.1) is 12.3 Å². The van der Waals surface area contributed by atoms with Crippen molar-refractivity contribution in [2.75, 3.05) is 13.2 Å². The van der Waals surface area contributed by atoms with E-state index in [1.165, 1.54) is 0 Å². The van der Waals surface area contributed by atoms with E-state index in [0.29, 0.717) is 12.1 Å². The van der Waals surface area contributed by atoms with Crippen LogP contribution in [0.5, 0.6) is 0 Å². The van der Waals surface area contributed by atoms with Gasteiger partial charge in [0.15, 0.2) is 0 Å². The third-order valence-electron chi connectivity index (χ3n) is 2.88. The van der Waals surface area contributed by atoms with Crippen molar-refractivity contribution in [1.29, 1.82) is 0 Å². The molecule has 0 bridgehead atoms. The van der Waals surface area contributed by atoms with E-state index in [2.05, 4.69) is 24.1 Å². The number of rotatable bonds is 6. The van der Waals surface area contributed by atoms with Gasteiger partial charge in [0, 0.05) is 25.5 Å². The van der Waals surface area contributed by atoms with Crippen LogP contribution in [0.4, 0.5) is 0 Å². The maximum Gasteiger partial charge on any atom is 0.252 e. The SMILES string of the molecule is Cc1cncc(C(=O)NCC(C)(C)CCCO)c1. The van der Waals surface area contributed by atoms with Crippen molar-refractivity contribution >= 4 is 5.91 Å². The lowest BCUT2D eigenvalue weighted by atomic mass is 9.88. The summed E-state index contributed by atoms with van der Waals surface area (Å²) < 4.78 is 0. The molecule has 0 aliphatic heterocycles. The zero-order valence-corrected chi connectivity index (χ0v) is 11.4. The van der Waals surface area contributed by atoms with Crippen molar-refractivity contribution < 1.29 is 9.90 Å². The van der Waals surface area contributed by atoms with Crippen molar-refractivity contribution in [3.05, 3.63) is 29.6 Å². The molecular formula is C14H22N2O2. The molecule has 1 aromatic heterocycles. The summed E-state index contributed by atoms with van der Waals surface area (Å²) in [5.74, 6) is -0.0942. The van der Waals surface area contributed by atoms with Crippen LogP contribution < -0.4 is 5.32 Å². The number of pyridine rings is 1. The monoisotopic (exact) mass is 250 g/mol. The van der Waals surface area contributed by atoms with Crippen LogP contribution in [0.3, 0.4) is 0 Å². The summed E-state index contributed by atoms with van der Waals surface area (Å²) in [5, 5.41) is 11.7. The smallest absolute Gasteiger partial charge is 0.252 e. The molecule has 0 spiro atoms. The average Bonchev–Trinajstić information content (AvgIpc) is 2.34. The van der Waals surface area contributed by atoms with E-state index in [0.717, 1.165) is 18.4 Å². The largest absolute Gasteiger partial charge is 0.396 e. The topological polar surface area (TPSA) is 62.2 Å². The minimum atomic E-state index is -0.0942. The number of nitrogens with one attached hydrogen (secondary N) is 1. The van der Waals surface area contributed by atoms with Crippen LogP contribution in [0.2, 0.25) is 0 Å². The van der Waals surface area contributed by atoms with Crippen LogP contribution in [0.25, 0.3) is 0 Å². The summed E-state index contributed by atoms with van der Waals surface area (Å²) in [4.78, 5) is 15.9. The second-order valence-electron chi connectivity index (χ2n) is 5.43. The fourth-order valence-electron chi connectivity index (χ4n) is 1.75. The highest BCUT2D eigenvalue weighted by atomic mass is 16.2. The highest BCUT2D eigenvalue weighted by molar-refractivity contribution is 5.94. The molecule has 4 heteroatoms. The van der Waals surface area contributed by atoms with Crippen molar-refractivity contribution in [1.82, 2.24) is 10.3 Å². The third-order valence-corrected chi connectivity index (χ3v) is 2.88. The van der Waals surface area contributed by atoms with E-state index >= 15 is 0 Å². The maximum atomic E-state index is 11.9. The van der Waals surface area contributed by atoms with Gasteiger partial charge in [-0.05, 0) is 36.8 Å². The van der Waals surface area contributed by atoms with Gasteiger partial charge >= 0.3 is 0 Å². The molecule has 1 heterocycles. The Labute approximate surface area is 108 Å². The van der Waals surface area contributed by atoms with E-state index in [-0.39, 0.29) is 17.9 Å². The normalized spacial score (nSPS) is 11.3. The molecule has 1 amide bonds. The zero-order chi connectivity index (χ0) is 13.6. The number of hydrogen-bond acceptors (Lipinski definition) is 3. The summed E-state index contributed by atoms with van der Waals surface area (Å²) in [6.07, 6.45) is 4.94. The minimum absolute atomic E-state index is 0.00432. The minimum Gasteiger partial charge on any atom is -0.396 e. The standard InChI is InChI=1S/C14H22N2O2/c1-11-7-12(9-15-8-11)13(18)16-10-14(2,3)5-4-6-17/h7-9,17H,4-6,10H2,1-3H3,(H,16,18). The van der Waals surface area contributed by atoms with Gasteiger partial charge in [0.05, 0.1) is 5.56 Å². The number of amides is 1. The molecule has 18 heavy (non-hydrogen) atoms. The van der Waals surface area contributed by atoms with E-state index in [1.807, 2.05) is 13.0 Å². The molecule has 1 aromatic rings. The van der Waals surface area contributed by atoms with Gasteiger partial charge in [-0.1, -0.05) is 13.8 Å². The average molecular weight is 250 g/mol. The molecule has 0 fully saturated rings. The number of aryl methyl sites for hydroxylation is 1. The molecule has 0 aliphatic rings. The van der Waals surface area contributed by atoms with Crippen LogP contribution in [-0.4, -0.2) is 29.1 Å². The van der Waals surface area contributed by atoms with E-state index in [1.54, 1.807) is 12.4 Å². The summed E-state index contributed by atoms with van der Waals surface area (Å²) >= 11 is 0. The number of aromatic nitrogens is 1. The fraction of sp³-hybridized carbons (Fsp3) is 0.571. The number of aliphatic hydroxyl groups is 1. The van der Waals surface area contributed by atoms with Gasteiger partial charge in [-0.15, -0.1) is 0 Å². The number of carbonyl (C=O) groups excluding carboxylic acids is 1. The van der Waals surface area contributed by atoms with Gasteiger partial charge in [-0.25, -0.2) is 0 Å². The Bertz CT molecular complexity index is 403. The van der Waals surface area contributed by atoms with Crippen LogP contribution in [0.15, 0.2) is 18.5 Å². The quantitative estimate of drug-likeness (QED) is 0.810. The first-order chi connectivity index (χ1) is 8.44. The lowest BCUT2D eigenvalue weighted by molar-refractivity contribution is 0.0932. The Balaban J connectivity index is 2.50. The summed E-state index contributed by atoms with van der Waals surface area (Å²) in [6, 6.07) is 1.82. The predicted octanol–water partition coefficient (Wildman–Crippen LogP) is 1.92. The summed E-state index contributed by atoms with van der Waals surface area (Å²) in [7, 11) is 0. The van der Waals surface area contributed by atoms with Crippen molar-refractivity contribution in [2.45, 2.75) is 33.6 Å². The van der Waals surface area contributed by atoms with Crippen LogP contribution in [0.1, 0.15) is 42.6 Å². The van der Waals surface area contributed by atoms with Gasteiger partial charge in [-0.2, -0.15) is 0 Å². The Kier molecular flexibility index (Phi) is 5.28. The fourth-order valence-corrected chi connectivity index (χ4v) is 1.75. The van der Waals surface area contributed by atoms with Crippen LogP contribution in [-0.2, 0) is 0 Å². The van der Waals surface area contributed by atoms with Crippen molar-refractivity contribution in [3.8, 4) is 0 Å². The molecule has 1 rings (SSSR count). The number of nitrogens with zero attached hydrogens (tertiary/aromatic N) is 1. The van der Waals surface area contributed by atoms with Gasteiger partial charge in [0.2, 0.25) is 0 Å². The molecule has 0 atom stereocenters. The van der Waals surface area contributed by atoms with Crippen molar-refractivity contribution in [2.24, 2.45) is 5.41 Å². The molecule has 0 unspecified atom stereocenters. The molecule has 0 radical (unpaired) electrons. The molecule has 0 aliphatic carbocycles. The van der Waals surface area contributed by atoms with Gasteiger partial charge < -0.3 is 10.4 Å². The Morgan fingerprint density at radius 1 is 1.44 bits per heavy atom. The second-order valence-corrected chi connectivity index (χ2v) is 5.43. The van der Waals surface area contributed by atoms with Crippen LogP contribution >= 0.6 is 0 Å². The molecule has 0 saturated carbocycles.